The Hall–Kier alpha value is -1.68. The molecular weight excluding hydrogens is 224 g/mol. The molecule has 4 heteroatoms. The number of nitrogens with one attached hydrogen (secondary N) is 1. The highest BCUT2D eigenvalue weighted by atomic mass is 15.2. The van der Waals surface area contributed by atoms with Crippen LogP contribution in [0, 0.1) is 0 Å². The van der Waals surface area contributed by atoms with E-state index in [1.54, 1.807) is 0 Å². The fourth-order valence-corrected chi connectivity index (χ4v) is 2.48. The average Bonchev–Trinajstić information content (AvgIpc) is 2.91. The van der Waals surface area contributed by atoms with E-state index in [2.05, 4.69) is 22.3 Å². The molecule has 0 bridgehead atoms. The van der Waals surface area contributed by atoms with Gasteiger partial charge in [-0.15, -0.1) is 0 Å². The molecule has 4 nitrogen and oxygen atoms in total. The zero-order valence-electron chi connectivity index (χ0n) is 10.8. The van der Waals surface area contributed by atoms with Gasteiger partial charge in [-0.3, -0.25) is 0 Å². The van der Waals surface area contributed by atoms with Crippen LogP contribution in [0.3, 0.4) is 0 Å². The Kier molecular flexibility index (Phi) is 2.88. The maximum Gasteiger partial charge on any atom is 0.148 e. The highest BCUT2D eigenvalue weighted by Crippen LogP contribution is 2.27. The number of hydrogen-bond acceptors (Lipinski definition) is 4. The molecule has 3 rings (SSSR count). The van der Waals surface area contributed by atoms with E-state index in [9.17, 15) is 0 Å². The summed E-state index contributed by atoms with van der Waals surface area (Å²) in [6, 6.07) is 8.51. The van der Waals surface area contributed by atoms with Crippen molar-refractivity contribution >= 4 is 16.7 Å². The van der Waals surface area contributed by atoms with Crippen LogP contribution in [-0.2, 0) is 0 Å². The Morgan fingerprint density at radius 1 is 1.22 bits per heavy atom. The molecule has 94 valence electrons. The molecule has 0 amide bonds. The SMILES string of the molecule is CN(C)c1nc(C2CCCN2)nc2ccccc12. The monoisotopic (exact) mass is 242 g/mol. The normalized spacial score (nSPS) is 19.3. The quantitative estimate of drug-likeness (QED) is 0.876. The van der Waals surface area contributed by atoms with Crippen LogP contribution in [0.15, 0.2) is 24.3 Å². The van der Waals surface area contributed by atoms with Crippen LogP contribution >= 0.6 is 0 Å². The van der Waals surface area contributed by atoms with Crippen LogP contribution in [-0.4, -0.2) is 30.6 Å². The van der Waals surface area contributed by atoms with Crippen LogP contribution in [0.2, 0.25) is 0 Å². The Morgan fingerprint density at radius 3 is 2.78 bits per heavy atom. The number of nitrogens with zero attached hydrogens (tertiary/aromatic N) is 3. The summed E-state index contributed by atoms with van der Waals surface area (Å²) in [7, 11) is 4.06. The second-order valence-corrected chi connectivity index (χ2v) is 4.97. The maximum atomic E-state index is 4.73. The zero-order chi connectivity index (χ0) is 12.5. The van der Waals surface area contributed by atoms with E-state index in [-0.39, 0.29) is 0 Å². The summed E-state index contributed by atoms with van der Waals surface area (Å²) in [6.45, 7) is 1.07. The first kappa shape index (κ1) is 11.4. The van der Waals surface area contributed by atoms with Crippen molar-refractivity contribution in [2.45, 2.75) is 18.9 Å². The summed E-state index contributed by atoms with van der Waals surface area (Å²) in [5, 5.41) is 4.58. The minimum Gasteiger partial charge on any atom is -0.362 e. The molecular formula is C14H18N4. The lowest BCUT2D eigenvalue weighted by Crippen LogP contribution is -2.19. The molecule has 1 atom stereocenters. The number of anilines is 1. The third kappa shape index (κ3) is 1.93. The first-order valence-electron chi connectivity index (χ1n) is 6.43. The van der Waals surface area contributed by atoms with E-state index in [0.29, 0.717) is 6.04 Å². The van der Waals surface area contributed by atoms with E-state index >= 15 is 0 Å². The second kappa shape index (κ2) is 4.53. The van der Waals surface area contributed by atoms with Crippen LogP contribution in [0.1, 0.15) is 24.7 Å². The summed E-state index contributed by atoms with van der Waals surface area (Å²) in [6.07, 6.45) is 2.34. The number of rotatable bonds is 2. The zero-order valence-corrected chi connectivity index (χ0v) is 10.8. The number of benzene rings is 1. The van der Waals surface area contributed by atoms with Crippen LogP contribution in [0.4, 0.5) is 5.82 Å². The van der Waals surface area contributed by atoms with E-state index in [0.717, 1.165) is 35.5 Å². The van der Waals surface area contributed by atoms with Crippen molar-refractivity contribution in [1.29, 1.82) is 0 Å². The van der Waals surface area contributed by atoms with E-state index in [1.807, 2.05) is 26.2 Å². The van der Waals surface area contributed by atoms with Gasteiger partial charge in [0.15, 0.2) is 0 Å². The molecule has 18 heavy (non-hydrogen) atoms. The third-order valence-corrected chi connectivity index (χ3v) is 3.40. The molecule has 1 aliphatic heterocycles. The summed E-state index contributed by atoms with van der Waals surface area (Å²) in [5.41, 5.74) is 1.03. The largest absolute Gasteiger partial charge is 0.362 e. The number of fused-ring (bicyclic) bond motifs is 1. The van der Waals surface area contributed by atoms with Gasteiger partial charge in [0.05, 0.1) is 11.6 Å². The van der Waals surface area contributed by atoms with Gasteiger partial charge in [-0.2, -0.15) is 0 Å². The van der Waals surface area contributed by atoms with E-state index < -0.39 is 0 Å². The number of para-hydroxylation sites is 1. The summed E-state index contributed by atoms with van der Waals surface area (Å²) >= 11 is 0. The predicted molar refractivity (Wildman–Crippen MR) is 73.8 cm³/mol. The summed E-state index contributed by atoms with van der Waals surface area (Å²) < 4.78 is 0. The lowest BCUT2D eigenvalue weighted by atomic mass is 10.2. The molecule has 1 fully saturated rings. The highest BCUT2D eigenvalue weighted by molar-refractivity contribution is 5.89. The Labute approximate surface area is 107 Å². The Bertz CT molecular complexity index is 559. The summed E-state index contributed by atoms with van der Waals surface area (Å²) in [4.78, 5) is 11.5. The fourth-order valence-electron chi connectivity index (χ4n) is 2.48. The van der Waals surface area contributed by atoms with E-state index in [1.165, 1.54) is 6.42 Å². The average molecular weight is 242 g/mol. The van der Waals surface area contributed by atoms with Gasteiger partial charge >= 0.3 is 0 Å². The molecule has 1 aromatic heterocycles. The molecule has 2 heterocycles. The highest BCUT2D eigenvalue weighted by Gasteiger charge is 2.20. The van der Waals surface area contributed by atoms with Gasteiger partial charge in [-0.25, -0.2) is 9.97 Å². The molecule has 1 aromatic carbocycles. The van der Waals surface area contributed by atoms with Crippen LogP contribution < -0.4 is 10.2 Å². The van der Waals surface area contributed by atoms with Gasteiger partial charge in [-0.05, 0) is 31.5 Å². The minimum atomic E-state index is 0.313. The lowest BCUT2D eigenvalue weighted by Gasteiger charge is -2.17. The minimum absolute atomic E-state index is 0.313. The number of hydrogen-bond donors (Lipinski definition) is 1. The molecule has 1 N–H and O–H groups in total. The van der Waals surface area contributed by atoms with E-state index in [4.69, 9.17) is 9.97 Å². The molecule has 1 saturated heterocycles. The van der Waals surface area contributed by atoms with Gasteiger partial charge in [0.1, 0.15) is 11.6 Å². The topological polar surface area (TPSA) is 41.1 Å². The van der Waals surface area contributed by atoms with Crippen LogP contribution in [0.25, 0.3) is 10.9 Å². The smallest absolute Gasteiger partial charge is 0.148 e. The van der Waals surface area contributed by atoms with Crippen molar-refractivity contribution in [3.63, 3.8) is 0 Å². The Morgan fingerprint density at radius 2 is 2.06 bits per heavy atom. The standard InChI is InChI=1S/C14H18N4/c1-18(2)14-10-6-3-4-7-11(10)16-13(17-14)12-8-5-9-15-12/h3-4,6-7,12,15H,5,8-9H2,1-2H3. The first-order chi connectivity index (χ1) is 8.75. The van der Waals surface area contributed by atoms with Crippen LogP contribution in [0.5, 0.6) is 0 Å². The van der Waals surface area contributed by atoms with Gasteiger partial charge in [0.2, 0.25) is 0 Å². The molecule has 0 saturated carbocycles. The van der Waals surface area contributed by atoms with Gasteiger partial charge in [0, 0.05) is 19.5 Å². The molecule has 1 aliphatic rings. The lowest BCUT2D eigenvalue weighted by molar-refractivity contribution is 0.608. The van der Waals surface area contributed by atoms with Crippen molar-refractivity contribution < 1.29 is 0 Å². The maximum absolute atomic E-state index is 4.73. The molecule has 0 aliphatic carbocycles. The third-order valence-electron chi connectivity index (χ3n) is 3.40. The Balaban J connectivity index is 2.16. The van der Waals surface area contributed by atoms with Gasteiger partial charge in [-0.1, -0.05) is 12.1 Å². The van der Waals surface area contributed by atoms with Crippen molar-refractivity contribution in [3.8, 4) is 0 Å². The fraction of sp³-hybridized carbons (Fsp3) is 0.429. The molecule has 0 radical (unpaired) electrons. The first-order valence-corrected chi connectivity index (χ1v) is 6.43. The number of aromatic nitrogens is 2. The predicted octanol–water partition coefficient (Wildman–Crippen LogP) is 2.12. The van der Waals surface area contributed by atoms with Gasteiger partial charge < -0.3 is 10.2 Å². The van der Waals surface area contributed by atoms with Gasteiger partial charge in [0.25, 0.3) is 0 Å². The molecule has 2 aromatic rings. The second-order valence-electron chi connectivity index (χ2n) is 4.97. The summed E-state index contributed by atoms with van der Waals surface area (Å²) in [5.74, 6) is 1.93. The molecule has 0 spiro atoms. The van der Waals surface area contributed by atoms with Crippen molar-refractivity contribution in [1.82, 2.24) is 15.3 Å². The van der Waals surface area contributed by atoms with Crippen molar-refractivity contribution in [2.75, 3.05) is 25.5 Å². The van der Waals surface area contributed by atoms with Crippen molar-refractivity contribution in [3.05, 3.63) is 30.1 Å². The molecule has 1 unspecified atom stereocenters. The van der Waals surface area contributed by atoms with Crippen molar-refractivity contribution in [2.24, 2.45) is 0 Å².